The standard InChI is InChI=1S/C19H24N2O.ClH/c1-14-9-11-15(12-10-14)19(2,3)13-21(4)18(22)16-7-5-6-8-17(16)20;/h5-12H,13,20H2,1-4H3;1H. The molecule has 2 rings (SSSR count). The second kappa shape index (κ2) is 7.51. The molecule has 0 saturated carbocycles. The van der Waals surface area contributed by atoms with E-state index in [1.165, 1.54) is 11.1 Å². The average Bonchev–Trinajstić information content (AvgIpc) is 2.47. The van der Waals surface area contributed by atoms with E-state index in [0.29, 0.717) is 17.8 Å². The van der Waals surface area contributed by atoms with Crippen molar-refractivity contribution in [3.05, 3.63) is 65.2 Å². The molecule has 124 valence electrons. The Balaban J connectivity index is 0.00000264. The van der Waals surface area contributed by atoms with Crippen LogP contribution in [0, 0.1) is 6.92 Å². The number of nitrogen functional groups attached to an aromatic ring is 1. The Morgan fingerprint density at radius 1 is 1.09 bits per heavy atom. The van der Waals surface area contributed by atoms with Gasteiger partial charge in [-0.15, -0.1) is 12.4 Å². The van der Waals surface area contributed by atoms with E-state index in [1.807, 2.05) is 19.2 Å². The van der Waals surface area contributed by atoms with E-state index in [9.17, 15) is 4.79 Å². The van der Waals surface area contributed by atoms with Gasteiger partial charge in [-0.2, -0.15) is 0 Å². The molecule has 2 N–H and O–H groups in total. The summed E-state index contributed by atoms with van der Waals surface area (Å²) in [4.78, 5) is 14.3. The monoisotopic (exact) mass is 332 g/mol. The van der Waals surface area contributed by atoms with E-state index in [2.05, 4.69) is 45.0 Å². The van der Waals surface area contributed by atoms with Gasteiger partial charge >= 0.3 is 0 Å². The second-order valence-corrected chi connectivity index (χ2v) is 6.50. The fourth-order valence-electron chi connectivity index (χ4n) is 2.66. The lowest BCUT2D eigenvalue weighted by molar-refractivity contribution is 0.0769. The lowest BCUT2D eigenvalue weighted by Gasteiger charge is -2.31. The van der Waals surface area contributed by atoms with Crippen molar-refractivity contribution in [1.29, 1.82) is 0 Å². The number of anilines is 1. The quantitative estimate of drug-likeness (QED) is 0.858. The highest BCUT2D eigenvalue weighted by Crippen LogP contribution is 2.25. The number of carbonyl (C=O) groups is 1. The van der Waals surface area contributed by atoms with E-state index < -0.39 is 0 Å². The summed E-state index contributed by atoms with van der Waals surface area (Å²) in [6, 6.07) is 15.7. The Bertz CT molecular complexity index is 665. The molecule has 0 fully saturated rings. The Morgan fingerprint density at radius 2 is 1.65 bits per heavy atom. The summed E-state index contributed by atoms with van der Waals surface area (Å²) in [6.07, 6.45) is 0. The smallest absolute Gasteiger partial charge is 0.255 e. The number of hydrogen-bond acceptors (Lipinski definition) is 2. The highest BCUT2D eigenvalue weighted by atomic mass is 35.5. The predicted octanol–water partition coefficient (Wildman–Crippen LogP) is 4.05. The van der Waals surface area contributed by atoms with Crippen molar-refractivity contribution in [2.24, 2.45) is 0 Å². The van der Waals surface area contributed by atoms with Crippen LogP contribution in [0.15, 0.2) is 48.5 Å². The number of hydrogen-bond donors (Lipinski definition) is 1. The molecule has 0 atom stereocenters. The normalized spacial score (nSPS) is 10.8. The summed E-state index contributed by atoms with van der Waals surface area (Å²) in [5, 5.41) is 0. The van der Waals surface area contributed by atoms with Crippen molar-refractivity contribution in [2.45, 2.75) is 26.2 Å². The lowest BCUT2D eigenvalue weighted by Crippen LogP contribution is -2.38. The Hall–Kier alpha value is -2.00. The summed E-state index contributed by atoms with van der Waals surface area (Å²) in [7, 11) is 1.82. The molecule has 0 heterocycles. The molecule has 0 aromatic heterocycles. The van der Waals surface area contributed by atoms with Crippen LogP contribution in [-0.4, -0.2) is 24.4 Å². The molecule has 1 amide bonds. The Labute approximate surface area is 144 Å². The number of nitrogens with zero attached hydrogens (tertiary/aromatic N) is 1. The molecule has 0 saturated heterocycles. The van der Waals surface area contributed by atoms with E-state index in [-0.39, 0.29) is 23.7 Å². The van der Waals surface area contributed by atoms with Crippen LogP contribution in [0.3, 0.4) is 0 Å². The predicted molar refractivity (Wildman–Crippen MR) is 99.3 cm³/mol. The third-order valence-corrected chi connectivity index (χ3v) is 4.00. The van der Waals surface area contributed by atoms with Gasteiger partial charge in [-0.1, -0.05) is 55.8 Å². The topological polar surface area (TPSA) is 46.3 Å². The van der Waals surface area contributed by atoms with Gasteiger partial charge in [0.2, 0.25) is 0 Å². The lowest BCUT2D eigenvalue weighted by atomic mass is 9.83. The first-order valence-electron chi connectivity index (χ1n) is 7.48. The van der Waals surface area contributed by atoms with Crippen LogP contribution in [0.2, 0.25) is 0 Å². The first-order valence-corrected chi connectivity index (χ1v) is 7.48. The summed E-state index contributed by atoms with van der Waals surface area (Å²) in [5.74, 6) is -0.0433. The molecule has 3 nitrogen and oxygen atoms in total. The van der Waals surface area contributed by atoms with E-state index in [1.54, 1.807) is 17.0 Å². The molecule has 0 bridgehead atoms. The zero-order valence-corrected chi connectivity index (χ0v) is 15.0. The Kier molecular flexibility index (Phi) is 6.22. The van der Waals surface area contributed by atoms with Gasteiger partial charge in [0.05, 0.1) is 5.56 Å². The Morgan fingerprint density at radius 3 is 2.22 bits per heavy atom. The van der Waals surface area contributed by atoms with Crippen LogP contribution in [0.25, 0.3) is 0 Å². The van der Waals surface area contributed by atoms with Crippen LogP contribution in [0.5, 0.6) is 0 Å². The van der Waals surface area contributed by atoms with Crippen molar-refractivity contribution in [2.75, 3.05) is 19.3 Å². The van der Waals surface area contributed by atoms with Crippen LogP contribution in [0.1, 0.15) is 35.3 Å². The molecule has 0 radical (unpaired) electrons. The third kappa shape index (κ3) is 4.49. The number of likely N-dealkylation sites (N-methyl/N-ethyl adjacent to an activating group) is 1. The van der Waals surface area contributed by atoms with Crippen molar-refractivity contribution in [1.82, 2.24) is 4.90 Å². The number of amides is 1. The van der Waals surface area contributed by atoms with Crippen LogP contribution >= 0.6 is 12.4 Å². The number of halogens is 1. The molecular formula is C19H25ClN2O. The number of rotatable bonds is 4. The summed E-state index contributed by atoms with van der Waals surface area (Å²) >= 11 is 0. The minimum absolute atomic E-state index is 0. The average molecular weight is 333 g/mol. The highest BCUT2D eigenvalue weighted by Gasteiger charge is 2.25. The van der Waals surface area contributed by atoms with Gasteiger partial charge in [0.15, 0.2) is 0 Å². The molecule has 23 heavy (non-hydrogen) atoms. The highest BCUT2D eigenvalue weighted by molar-refractivity contribution is 5.99. The molecule has 0 spiro atoms. The van der Waals surface area contributed by atoms with E-state index in [0.717, 1.165) is 0 Å². The van der Waals surface area contributed by atoms with E-state index >= 15 is 0 Å². The third-order valence-electron chi connectivity index (χ3n) is 4.00. The molecule has 4 heteroatoms. The van der Waals surface area contributed by atoms with Gasteiger partial charge in [-0.05, 0) is 24.6 Å². The molecule has 0 aliphatic heterocycles. The van der Waals surface area contributed by atoms with Crippen molar-refractivity contribution in [3.8, 4) is 0 Å². The molecular weight excluding hydrogens is 308 g/mol. The van der Waals surface area contributed by atoms with Crippen molar-refractivity contribution >= 4 is 24.0 Å². The van der Waals surface area contributed by atoms with Gasteiger partial charge in [0, 0.05) is 24.7 Å². The zero-order valence-electron chi connectivity index (χ0n) is 14.2. The van der Waals surface area contributed by atoms with Crippen molar-refractivity contribution in [3.63, 3.8) is 0 Å². The van der Waals surface area contributed by atoms with Gasteiger partial charge in [0.1, 0.15) is 0 Å². The van der Waals surface area contributed by atoms with Gasteiger partial charge in [0.25, 0.3) is 5.91 Å². The van der Waals surface area contributed by atoms with Gasteiger partial charge in [-0.25, -0.2) is 0 Å². The number of para-hydroxylation sites is 1. The number of benzene rings is 2. The number of aryl methyl sites for hydroxylation is 1. The number of carbonyl (C=O) groups excluding carboxylic acids is 1. The first-order chi connectivity index (χ1) is 10.3. The molecule has 2 aromatic rings. The fraction of sp³-hybridized carbons (Fsp3) is 0.316. The first kappa shape index (κ1) is 19.0. The molecule has 0 unspecified atom stereocenters. The minimum Gasteiger partial charge on any atom is -0.398 e. The van der Waals surface area contributed by atoms with Gasteiger partial charge < -0.3 is 10.6 Å². The minimum atomic E-state index is -0.123. The SMILES string of the molecule is Cc1ccc(C(C)(C)CN(C)C(=O)c2ccccc2N)cc1.Cl. The van der Waals surface area contributed by atoms with Crippen molar-refractivity contribution < 1.29 is 4.79 Å². The summed E-state index contributed by atoms with van der Waals surface area (Å²) in [6.45, 7) is 7.00. The van der Waals surface area contributed by atoms with Crippen LogP contribution < -0.4 is 5.73 Å². The maximum Gasteiger partial charge on any atom is 0.255 e. The fourth-order valence-corrected chi connectivity index (χ4v) is 2.66. The largest absolute Gasteiger partial charge is 0.398 e. The van der Waals surface area contributed by atoms with E-state index in [4.69, 9.17) is 5.73 Å². The molecule has 2 aromatic carbocycles. The summed E-state index contributed by atoms with van der Waals surface area (Å²) in [5.41, 5.74) is 9.32. The van der Waals surface area contributed by atoms with Gasteiger partial charge in [-0.3, -0.25) is 4.79 Å². The maximum absolute atomic E-state index is 12.6. The number of nitrogens with two attached hydrogens (primary N) is 1. The second-order valence-electron chi connectivity index (χ2n) is 6.50. The zero-order chi connectivity index (χ0) is 16.3. The molecule has 0 aliphatic rings. The maximum atomic E-state index is 12.6. The molecule has 0 aliphatic carbocycles. The van der Waals surface area contributed by atoms with Crippen LogP contribution in [0.4, 0.5) is 5.69 Å². The summed E-state index contributed by atoms with van der Waals surface area (Å²) < 4.78 is 0. The van der Waals surface area contributed by atoms with Crippen LogP contribution in [-0.2, 0) is 5.41 Å².